The largest absolute Gasteiger partial charge is 0.573 e. The van der Waals surface area contributed by atoms with Gasteiger partial charge < -0.3 is 4.74 Å². The van der Waals surface area contributed by atoms with Crippen LogP contribution in [0.2, 0.25) is 0 Å². The minimum absolute atomic E-state index is 0.0881. The summed E-state index contributed by atoms with van der Waals surface area (Å²) in [5.74, 6) is -1.62. The molecule has 4 atom stereocenters. The minimum atomic E-state index is -3.73. The van der Waals surface area contributed by atoms with Gasteiger partial charge in [-0.25, -0.2) is 9.18 Å². The van der Waals surface area contributed by atoms with Crippen molar-refractivity contribution in [1.29, 1.82) is 0 Å². The number of halogens is 2. The van der Waals surface area contributed by atoms with Crippen LogP contribution in [0.3, 0.4) is 0 Å². The van der Waals surface area contributed by atoms with E-state index in [-0.39, 0.29) is 25.2 Å². The minimum Gasteiger partial charge on any atom is -0.349 e. The molecule has 0 spiro atoms. The molecule has 4 rings (SSSR count). The van der Waals surface area contributed by atoms with Gasteiger partial charge in [-0.1, -0.05) is 18.2 Å². The molecule has 0 amide bonds. The van der Waals surface area contributed by atoms with Gasteiger partial charge in [-0.3, -0.25) is 14.3 Å². The van der Waals surface area contributed by atoms with Crippen LogP contribution in [0.25, 0.3) is 0 Å². The summed E-state index contributed by atoms with van der Waals surface area (Å²) >= 11 is 0. The van der Waals surface area contributed by atoms with Crippen molar-refractivity contribution in [3.05, 3.63) is 68.5 Å². The predicted molar refractivity (Wildman–Crippen MR) is 91.0 cm³/mol. The Labute approximate surface area is 157 Å². The van der Waals surface area contributed by atoms with Crippen LogP contribution < -0.4 is 11.2 Å². The molecule has 2 aromatic rings. The zero-order valence-corrected chi connectivity index (χ0v) is 15.2. The normalized spacial score (nSPS) is 29.6. The van der Waals surface area contributed by atoms with Crippen LogP contribution in [0, 0.1) is 11.6 Å². The van der Waals surface area contributed by atoms with Gasteiger partial charge in [-0.15, -0.1) is 9.05 Å². The Bertz CT molecular complexity index is 999. The molecule has 1 unspecified atom stereocenters. The Kier molecular flexibility index (Phi) is 5.13. The first kappa shape index (κ1) is 19.3. The molecule has 0 saturated carbocycles. The van der Waals surface area contributed by atoms with E-state index in [1.165, 1.54) is 18.2 Å². The summed E-state index contributed by atoms with van der Waals surface area (Å²) in [6, 6.07) is 5.91. The van der Waals surface area contributed by atoms with Gasteiger partial charge in [-0.2, -0.15) is 13.8 Å². The van der Waals surface area contributed by atoms with Crippen molar-refractivity contribution in [1.82, 2.24) is 9.55 Å². The number of fused-ring (bicyclic) bond motifs is 1. The smallest absolute Gasteiger partial charge is 0.349 e. The number of aromatic amines is 1. The molecule has 2 aliphatic heterocycles. The van der Waals surface area contributed by atoms with Crippen LogP contribution >= 0.6 is 8.17 Å². The highest BCUT2D eigenvalue weighted by atomic mass is 31.2. The molecule has 9 nitrogen and oxygen atoms in total. The maximum atomic E-state index is 13.7. The highest BCUT2D eigenvalue weighted by Crippen LogP contribution is 2.63. The summed E-state index contributed by atoms with van der Waals surface area (Å²) in [5, 5.41) is 0. The summed E-state index contributed by atoms with van der Waals surface area (Å²) in [6.07, 6.45) is -1.41. The average Bonchev–Trinajstić information content (AvgIpc) is 3.06. The second-order valence-electron chi connectivity index (χ2n) is 6.28. The van der Waals surface area contributed by atoms with Gasteiger partial charge in [0.05, 0.1) is 6.20 Å². The molecule has 2 N–H and O–H groups in total. The number of hydrogen-bond donors (Lipinski definition) is 2. The molecule has 28 heavy (non-hydrogen) atoms. The van der Waals surface area contributed by atoms with E-state index in [0.717, 1.165) is 10.8 Å². The number of ether oxygens (including phenoxy) is 1. The lowest BCUT2D eigenvalue weighted by Gasteiger charge is -2.26. The van der Waals surface area contributed by atoms with E-state index in [1.54, 1.807) is 6.07 Å². The lowest BCUT2D eigenvalue weighted by Crippen LogP contribution is -2.35. The van der Waals surface area contributed by atoms with E-state index < -0.39 is 49.5 Å². The number of nitrogens with one attached hydrogen (secondary N) is 1. The maximum Gasteiger partial charge on any atom is 0.573 e. The summed E-state index contributed by atoms with van der Waals surface area (Å²) in [4.78, 5) is 35.3. The van der Waals surface area contributed by atoms with Crippen molar-refractivity contribution in [3.63, 3.8) is 0 Å². The fraction of sp³-hybridized carbons (Fsp3) is 0.375. The van der Waals surface area contributed by atoms with Gasteiger partial charge in [0.15, 0.2) is 0 Å². The summed E-state index contributed by atoms with van der Waals surface area (Å²) < 4.78 is 49.7. The van der Waals surface area contributed by atoms with Crippen molar-refractivity contribution in [3.8, 4) is 0 Å². The van der Waals surface area contributed by atoms with Crippen LogP contribution in [0.15, 0.2) is 40.1 Å². The predicted octanol–water partition coefficient (Wildman–Crippen LogP) is 1.40. The summed E-state index contributed by atoms with van der Waals surface area (Å²) in [7, 11) is -3.73. The highest BCUT2D eigenvalue weighted by Gasteiger charge is 2.57. The monoisotopic (exact) mass is 417 g/mol. The molecule has 0 radical (unpaired) electrons. The third-order valence-electron chi connectivity index (χ3n) is 4.43. The summed E-state index contributed by atoms with van der Waals surface area (Å²) in [5.41, 5.74) is -1.74. The third-order valence-corrected chi connectivity index (χ3v) is 5.89. The standard InChI is InChI=1S/C16H15F2N2O7P/c17-10-4-2-1-3-9(10)7-24-28(23)25-8-13-12(27-28)5-14(26-13)20-6-11(18)15(21)19-16(20)22/h1-4,6,12-14,23H,5,7-8H2/p+1/t12-,13+,14+,28?/m0/s1. The molecule has 1 aromatic carbocycles. The van der Waals surface area contributed by atoms with Crippen molar-refractivity contribution in [2.75, 3.05) is 6.61 Å². The quantitative estimate of drug-likeness (QED) is 0.724. The Morgan fingerprint density at radius 1 is 1.25 bits per heavy atom. The number of benzene rings is 1. The van der Waals surface area contributed by atoms with Gasteiger partial charge in [0, 0.05) is 12.0 Å². The van der Waals surface area contributed by atoms with Crippen molar-refractivity contribution in [2.45, 2.75) is 31.5 Å². The summed E-state index contributed by atoms with van der Waals surface area (Å²) in [6.45, 7) is -0.355. The molecule has 12 heteroatoms. The van der Waals surface area contributed by atoms with Crippen LogP contribution in [0.5, 0.6) is 0 Å². The maximum absolute atomic E-state index is 13.7. The molecule has 150 valence electrons. The van der Waals surface area contributed by atoms with Gasteiger partial charge >= 0.3 is 13.9 Å². The topological polar surface area (TPSA) is 112 Å². The van der Waals surface area contributed by atoms with Gasteiger partial charge in [0.25, 0.3) is 5.56 Å². The second-order valence-corrected chi connectivity index (χ2v) is 7.95. The molecule has 2 aliphatic rings. The fourth-order valence-electron chi connectivity index (χ4n) is 3.01. The van der Waals surface area contributed by atoms with Gasteiger partial charge in [0.1, 0.15) is 37.5 Å². The van der Waals surface area contributed by atoms with Crippen molar-refractivity contribution in [2.24, 2.45) is 0 Å². The van der Waals surface area contributed by atoms with Crippen molar-refractivity contribution < 1.29 is 32.0 Å². The molecule has 3 heterocycles. The van der Waals surface area contributed by atoms with E-state index in [4.69, 9.17) is 18.3 Å². The lowest BCUT2D eigenvalue weighted by atomic mass is 10.2. The molecular formula is C16H16F2N2O7P+. The van der Waals surface area contributed by atoms with E-state index in [2.05, 4.69) is 0 Å². The van der Waals surface area contributed by atoms with E-state index in [1.807, 2.05) is 4.98 Å². The Hall–Kier alpha value is -2.01. The molecular weight excluding hydrogens is 401 g/mol. The van der Waals surface area contributed by atoms with Crippen LogP contribution in [0.4, 0.5) is 8.78 Å². The molecule has 0 aliphatic carbocycles. The number of aromatic nitrogens is 2. The first-order valence-electron chi connectivity index (χ1n) is 8.34. The van der Waals surface area contributed by atoms with Crippen molar-refractivity contribution >= 4 is 8.17 Å². The van der Waals surface area contributed by atoms with Gasteiger partial charge in [-0.05, 0) is 6.07 Å². The van der Waals surface area contributed by atoms with Crippen LogP contribution in [-0.2, 0) is 24.9 Å². The van der Waals surface area contributed by atoms with E-state index >= 15 is 0 Å². The third kappa shape index (κ3) is 3.77. The number of hydrogen-bond acceptors (Lipinski definition) is 7. The molecule has 2 saturated heterocycles. The Morgan fingerprint density at radius 2 is 2.04 bits per heavy atom. The molecule has 2 fully saturated rings. The highest BCUT2D eigenvalue weighted by molar-refractivity contribution is 7.55. The zero-order valence-electron chi connectivity index (χ0n) is 14.3. The lowest BCUT2D eigenvalue weighted by molar-refractivity contribution is -0.0829. The first-order valence-corrected chi connectivity index (χ1v) is 9.83. The number of H-pyrrole nitrogens is 1. The van der Waals surface area contributed by atoms with E-state index in [0.29, 0.717) is 0 Å². The Balaban J connectivity index is 1.44. The average molecular weight is 417 g/mol. The number of nitrogens with zero attached hydrogens (tertiary/aromatic N) is 1. The fourth-order valence-corrected chi connectivity index (χ4v) is 4.41. The first-order chi connectivity index (χ1) is 13.3. The molecule has 1 aromatic heterocycles. The SMILES string of the molecule is O=c1[nH]c(=O)n([C@H]2C[C@@H]3O[P+](O)(OCc4ccccc4F)OC[C@H]3O2)cc1F. The van der Waals surface area contributed by atoms with Crippen LogP contribution in [0.1, 0.15) is 18.2 Å². The van der Waals surface area contributed by atoms with Crippen LogP contribution in [-0.4, -0.2) is 33.3 Å². The second kappa shape index (κ2) is 7.43. The van der Waals surface area contributed by atoms with Gasteiger partial charge in [0.2, 0.25) is 5.82 Å². The number of rotatable bonds is 4. The van der Waals surface area contributed by atoms with E-state index in [9.17, 15) is 23.3 Å². The zero-order chi connectivity index (χ0) is 19.9. The molecule has 0 bridgehead atoms. The Morgan fingerprint density at radius 3 is 2.82 bits per heavy atom.